The molecule has 2 aromatic rings. The standard InChI is InChI=1S/C16H21N3O/c1-13(17)15-7-8-16(18-11-15)19(9-10-20)12-14-5-3-2-4-6-14/h2-8,11,13,20H,9-10,12,17H2,1H3/t13-/m1/s1. The van der Waals surface area contributed by atoms with Gasteiger partial charge in [-0.15, -0.1) is 0 Å². The van der Waals surface area contributed by atoms with E-state index in [1.54, 1.807) is 6.20 Å². The Bertz CT molecular complexity index is 511. The van der Waals surface area contributed by atoms with E-state index in [2.05, 4.69) is 22.0 Å². The van der Waals surface area contributed by atoms with Crippen LogP contribution in [0.15, 0.2) is 48.7 Å². The molecule has 4 nitrogen and oxygen atoms in total. The smallest absolute Gasteiger partial charge is 0.128 e. The first-order valence-electron chi connectivity index (χ1n) is 6.82. The molecule has 20 heavy (non-hydrogen) atoms. The first kappa shape index (κ1) is 14.5. The van der Waals surface area contributed by atoms with Gasteiger partial charge in [0.25, 0.3) is 0 Å². The summed E-state index contributed by atoms with van der Waals surface area (Å²) in [6.07, 6.45) is 1.80. The van der Waals surface area contributed by atoms with Crippen molar-refractivity contribution in [2.75, 3.05) is 18.1 Å². The van der Waals surface area contributed by atoms with Crippen molar-refractivity contribution in [3.05, 3.63) is 59.8 Å². The van der Waals surface area contributed by atoms with Gasteiger partial charge in [0, 0.05) is 25.3 Å². The molecular formula is C16H21N3O. The van der Waals surface area contributed by atoms with Crippen LogP contribution in [0.1, 0.15) is 24.1 Å². The molecule has 0 aliphatic carbocycles. The Labute approximate surface area is 119 Å². The molecule has 1 aromatic heterocycles. The average Bonchev–Trinajstić information content (AvgIpc) is 2.48. The third-order valence-corrected chi connectivity index (χ3v) is 3.21. The Hall–Kier alpha value is -1.91. The molecule has 0 saturated carbocycles. The first-order chi connectivity index (χ1) is 9.70. The minimum Gasteiger partial charge on any atom is -0.395 e. The fraction of sp³-hybridized carbons (Fsp3) is 0.312. The van der Waals surface area contributed by atoms with Crippen LogP contribution in [0, 0.1) is 0 Å². The molecule has 106 valence electrons. The highest BCUT2D eigenvalue weighted by Crippen LogP contribution is 2.17. The summed E-state index contributed by atoms with van der Waals surface area (Å²) in [5, 5.41) is 9.23. The topological polar surface area (TPSA) is 62.4 Å². The molecule has 0 fully saturated rings. The van der Waals surface area contributed by atoms with Crippen molar-refractivity contribution in [2.24, 2.45) is 5.73 Å². The maximum Gasteiger partial charge on any atom is 0.128 e. The van der Waals surface area contributed by atoms with Gasteiger partial charge < -0.3 is 15.7 Å². The number of benzene rings is 1. The lowest BCUT2D eigenvalue weighted by Gasteiger charge is -2.23. The Morgan fingerprint density at radius 3 is 2.50 bits per heavy atom. The lowest BCUT2D eigenvalue weighted by atomic mass is 10.1. The summed E-state index contributed by atoms with van der Waals surface area (Å²) in [6.45, 7) is 3.32. The normalized spacial score (nSPS) is 12.2. The third kappa shape index (κ3) is 3.79. The van der Waals surface area contributed by atoms with Crippen molar-refractivity contribution < 1.29 is 5.11 Å². The van der Waals surface area contributed by atoms with E-state index >= 15 is 0 Å². The highest BCUT2D eigenvalue weighted by Gasteiger charge is 2.09. The Morgan fingerprint density at radius 2 is 1.95 bits per heavy atom. The van der Waals surface area contributed by atoms with Crippen LogP contribution in [0.3, 0.4) is 0 Å². The number of pyridine rings is 1. The molecular weight excluding hydrogens is 250 g/mol. The summed E-state index contributed by atoms with van der Waals surface area (Å²) in [7, 11) is 0. The molecule has 1 atom stereocenters. The van der Waals surface area contributed by atoms with Crippen molar-refractivity contribution in [3.63, 3.8) is 0 Å². The van der Waals surface area contributed by atoms with Gasteiger partial charge in [-0.25, -0.2) is 4.98 Å². The van der Waals surface area contributed by atoms with Crippen LogP contribution in [-0.2, 0) is 6.54 Å². The predicted molar refractivity (Wildman–Crippen MR) is 81.4 cm³/mol. The first-order valence-corrected chi connectivity index (χ1v) is 6.82. The quantitative estimate of drug-likeness (QED) is 0.844. The van der Waals surface area contributed by atoms with Crippen molar-refractivity contribution in [2.45, 2.75) is 19.5 Å². The highest BCUT2D eigenvalue weighted by atomic mass is 16.3. The number of hydrogen-bond acceptors (Lipinski definition) is 4. The molecule has 0 spiro atoms. The molecule has 0 bridgehead atoms. The van der Waals surface area contributed by atoms with Crippen LogP contribution < -0.4 is 10.6 Å². The number of anilines is 1. The molecule has 0 aliphatic rings. The van der Waals surface area contributed by atoms with Gasteiger partial charge in [-0.1, -0.05) is 36.4 Å². The van der Waals surface area contributed by atoms with Crippen molar-refractivity contribution >= 4 is 5.82 Å². The van der Waals surface area contributed by atoms with E-state index in [-0.39, 0.29) is 12.6 Å². The van der Waals surface area contributed by atoms with Gasteiger partial charge in [-0.05, 0) is 24.1 Å². The molecule has 4 heteroatoms. The molecule has 0 radical (unpaired) electrons. The van der Waals surface area contributed by atoms with Crippen molar-refractivity contribution in [1.29, 1.82) is 0 Å². The van der Waals surface area contributed by atoms with E-state index in [4.69, 9.17) is 5.73 Å². The van der Waals surface area contributed by atoms with Gasteiger partial charge in [0.15, 0.2) is 0 Å². The predicted octanol–water partition coefficient (Wildman–Crippen LogP) is 2.10. The van der Waals surface area contributed by atoms with Crippen LogP contribution in [0.4, 0.5) is 5.82 Å². The van der Waals surface area contributed by atoms with E-state index < -0.39 is 0 Å². The van der Waals surface area contributed by atoms with Crippen molar-refractivity contribution in [1.82, 2.24) is 4.98 Å². The number of aliphatic hydroxyl groups is 1. The maximum atomic E-state index is 9.23. The Morgan fingerprint density at radius 1 is 1.20 bits per heavy atom. The van der Waals surface area contributed by atoms with Crippen LogP contribution in [0.2, 0.25) is 0 Å². The van der Waals surface area contributed by atoms with Gasteiger partial charge in [-0.3, -0.25) is 0 Å². The van der Waals surface area contributed by atoms with E-state index in [1.165, 1.54) is 5.56 Å². The van der Waals surface area contributed by atoms with Gasteiger partial charge in [0.2, 0.25) is 0 Å². The summed E-state index contributed by atoms with van der Waals surface area (Å²) >= 11 is 0. The molecule has 0 saturated heterocycles. The Balaban J connectivity index is 2.15. The lowest BCUT2D eigenvalue weighted by molar-refractivity contribution is 0.301. The number of nitrogens with zero attached hydrogens (tertiary/aromatic N) is 2. The van der Waals surface area contributed by atoms with Gasteiger partial charge in [0.05, 0.1) is 6.61 Å². The van der Waals surface area contributed by atoms with Gasteiger partial charge >= 0.3 is 0 Å². The fourth-order valence-electron chi connectivity index (χ4n) is 2.05. The second kappa shape index (κ2) is 7.03. The second-order valence-electron chi connectivity index (χ2n) is 4.87. The molecule has 1 heterocycles. The van der Waals surface area contributed by atoms with Crippen molar-refractivity contribution in [3.8, 4) is 0 Å². The number of nitrogens with two attached hydrogens (primary N) is 1. The minimum atomic E-state index is -0.0167. The molecule has 2 rings (SSSR count). The van der Waals surface area contributed by atoms with Crippen LogP contribution >= 0.6 is 0 Å². The number of aliphatic hydroxyl groups excluding tert-OH is 1. The second-order valence-corrected chi connectivity index (χ2v) is 4.87. The lowest BCUT2D eigenvalue weighted by Crippen LogP contribution is -2.27. The number of hydrogen-bond donors (Lipinski definition) is 2. The molecule has 0 amide bonds. The zero-order valence-corrected chi connectivity index (χ0v) is 11.7. The zero-order valence-electron chi connectivity index (χ0n) is 11.7. The summed E-state index contributed by atoms with van der Waals surface area (Å²) < 4.78 is 0. The number of rotatable bonds is 6. The monoisotopic (exact) mass is 271 g/mol. The Kier molecular flexibility index (Phi) is 5.09. The third-order valence-electron chi connectivity index (χ3n) is 3.21. The van der Waals surface area contributed by atoms with E-state index in [0.717, 1.165) is 17.9 Å². The summed E-state index contributed by atoms with van der Waals surface area (Å²) in [6, 6.07) is 14.1. The van der Waals surface area contributed by atoms with Crippen LogP contribution in [0.25, 0.3) is 0 Å². The zero-order chi connectivity index (χ0) is 14.4. The maximum absolute atomic E-state index is 9.23. The van der Waals surface area contributed by atoms with E-state index in [1.807, 2.05) is 37.3 Å². The van der Waals surface area contributed by atoms with Crippen LogP contribution in [-0.4, -0.2) is 23.2 Å². The van der Waals surface area contributed by atoms with Gasteiger partial charge in [-0.2, -0.15) is 0 Å². The van der Waals surface area contributed by atoms with E-state index in [0.29, 0.717) is 6.54 Å². The summed E-state index contributed by atoms with van der Waals surface area (Å²) in [5.41, 5.74) is 8.03. The molecule has 3 N–H and O–H groups in total. The SMILES string of the molecule is C[C@@H](N)c1ccc(N(CCO)Cc2ccccc2)nc1. The summed E-state index contributed by atoms with van der Waals surface area (Å²) in [5.74, 6) is 0.854. The highest BCUT2D eigenvalue weighted by molar-refractivity contribution is 5.41. The van der Waals surface area contributed by atoms with Crippen LogP contribution in [0.5, 0.6) is 0 Å². The summed E-state index contributed by atoms with van der Waals surface area (Å²) in [4.78, 5) is 6.51. The van der Waals surface area contributed by atoms with Gasteiger partial charge in [0.1, 0.15) is 5.82 Å². The molecule has 0 unspecified atom stereocenters. The molecule has 1 aromatic carbocycles. The minimum absolute atomic E-state index is 0.0167. The number of aromatic nitrogens is 1. The molecule has 0 aliphatic heterocycles. The fourth-order valence-corrected chi connectivity index (χ4v) is 2.05. The largest absolute Gasteiger partial charge is 0.395 e. The average molecular weight is 271 g/mol. The van der Waals surface area contributed by atoms with E-state index in [9.17, 15) is 5.11 Å².